The average Bonchev–Trinajstić information content (AvgIpc) is 1.41. The van der Waals surface area contributed by atoms with Gasteiger partial charge >= 0.3 is 0 Å². The van der Waals surface area contributed by atoms with Crippen LogP contribution in [0.1, 0.15) is 6.42 Å². The molecule has 0 aromatic carbocycles. The fourth-order valence-electron chi connectivity index (χ4n) is 0.0546. The summed E-state index contributed by atoms with van der Waals surface area (Å²) in [4.78, 5) is 0. The van der Waals surface area contributed by atoms with E-state index in [9.17, 15) is 0 Å². The first-order valence-electron chi connectivity index (χ1n) is 1.46. The summed E-state index contributed by atoms with van der Waals surface area (Å²) >= 11 is 5.15. The lowest BCUT2D eigenvalue weighted by Gasteiger charge is -1.69. The molecule has 0 aromatic rings. The highest BCUT2D eigenvalue weighted by Gasteiger charge is 1.65. The number of halogens is 1. The van der Waals surface area contributed by atoms with E-state index in [2.05, 4.69) is 0 Å². The molecule has 1 nitrogen and oxygen atoms in total. The maximum Gasteiger partial charge on any atom is 0.0272 e. The normalized spacial score (nSPS) is 7.40. The molecule has 30 valence electrons. The van der Waals surface area contributed by atoms with Gasteiger partial charge in [0.05, 0.1) is 0 Å². The van der Waals surface area contributed by atoms with E-state index in [-0.39, 0.29) is 0 Å². The fraction of sp³-hybridized carbons (Fsp3) is 0.667. The van der Waals surface area contributed by atoms with Crippen LogP contribution in [0.4, 0.5) is 0 Å². The van der Waals surface area contributed by atoms with Crippen LogP contribution >= 0.6 is 11.6 Å². The Morgan fingerprint density at radius 2 is 2.40 bits per heavy atom. The summed E-state index contributed by atoms with van der Waals surface area (Å²) in [6.45, 7) is 0. The molecule has 2 heteroatoms. The number of nitrogens with one attached hydrogen (secondary N) is 1. The van der Waals surface area contributed by atoms with Crippen LogP contribution in [-0.4, -0.2) is 12.1 Å². The Labute approximate surface area is 36.5 Å². The molecule has 0 aliphatic rings. The topological polar surface area (TPSA) is 23.9 Å². The van der Waals surface area contributed by atoms with Gasteiger partial charge in [0, 0.05) is 5.88 Å². The minimum absolute atomic E-state index is 0.573. The molecular weight excluding hydrogens is 85.5 g/mol. The molecule has 0 aromatic heterocycles. The van der Waals surface area contributed by atoms with Gasteiger partial charge in [-0.25, -0.2) is 0 Å². The Bertz CT molecular complexity index is 28.1. The van der Waals surface area contributed by atoms with Crippen molar-refractivity contribution < 1.29 is 0 Å². The Kier molecular flexibility index (Phi) is 3.93. The summed E-state index contributed by atoms with van der Waals surface area (Å²) in [5, 5.41) is 6.39. The number of hydrogen-bond acceptors (Lipinski definition) is 1. The van der Waals surface area contributed by atoms with Crippen molar-refractivity contribution in [1.82, 2.24) is 0 Å². The summed E-state index contributed by atoms with van der Waals surface area (Å²) in [6, 6.07) is 0. The maximum atomic E-state index is 6.39. The van der Waals surface area contributed by atoms with E-state index in [1.807, 2.05) is 0 Å². The van der Waals surface area contributed by atoms with Crippen molar-refractivity contribution in [2.45, 2.75) is 6.42 Å². The van der Waals surface area contributed by atoms with E-state index < -0.39 is 0 Å². The third-order valence-electron chi connectivity index (χ3n) is 0.253. The molecule has 0 aliphatic carbocycles. The molecule has 0 aliphatic heterocycles. The van der Waals surface area contributed by atoms with E-state index in [0.717, 1.165) is 0 Å². The molecule has 0 atom stereocenters. The Morgan fingerprint density at radius 3 is 2.40 bits per heavy atom. The predicted molar refractivity (Wildman–Crippen MR) is 24.1 cm³/mol. The van der Waals surface area contributed by atoms with Gasteiger partial charge in [-0.05, 0) is 12.6 Å². The van der Waals surface area contributed by atoms with Crippen LogP contribution in [0.2, 0.25) is 0 Å². The van der Waals surface area contributed by atoms with Crippen molar-refractivity contribution in [3.05, 3.63) is 0 Å². The zero-order chi connectivity index (χ0) is 4.12. The smallest absolute Gasteiger partial charge is 0.0272 e. The van der Waals surface area contributed by atoms with Gasteiger partial charge in [-0.1, -0.05) is 0 Å². The predicted octanol–water partition coefficient (Wildman–Crippen LogP) is 1.26. The van der Waals surface area contributed by atoms with Crippen LogP contribution in [0.15, 0.2) is 0 Å². The lowest BCUT2D eigenvalue weighted by atomic mass is 10.5. The van der Waals surface area contributed by atoms with Crippen LogP contribution in [0.5, 0.6) is 0 Å². The average molecular weight is 91.5 g/mol. The molecule has 0 saturated heterocycles. The summed E-state index contributed by atoms with van der Waals surface area (Å²) in [5.41, 5.74) is 0. The Morgan fingerprint density at radius 1 is 1.80 bits per heavy atom. The highest BCUT2D eigenvalue weighted by atomic mass is 35.5. The first kappa shape index (κ1) is 4.96. The van der Waals surface area contributed by atoms with Crippen molar-refractivity contribution >= 4 is 17.8 Å². The van der Waals surface area contributed by atoms with Crippen molar-refractivity contribution in [2.75, 3.05) is 5.88 Å². The molecule has 0 spiro atoms. The Balaban J connectivity index is 2.40. The second-order valence-electron chi connectivity index (χ2n) is 0.682. The quantitative estimate of drug-likeness (QED) is 0.391. The van der Waals surface area contributed by atoms with Gasteiger partial charge in [0.15, 0.2) is 0 Å². The highest BCUT2D eigenvalue weighted by molar-refractivity contribution is 6.18. The molecule has 0 rings (SSSR count). The highest BCUT2D eigenvalue weighted by Crippen LogP contribution is 1.74. The van der Waals surface area contributed by atoms with Gasteiger partial charge in [-0.3, -0.25) is 0 Å². The zero-order valence-corrected chi connectivity index (χ0v) is 3.63. The van der Waals surface area contributed by atoms with Gasteiger partial charge in [0.2, 0.25) is 0 Å². The SMILES string of the molecule is N=CCCCl. The molecule has 0 heterocycles. The molecule has 0 amide bonds. The van der Waals surface area contributed by atoms with E-state index in [0.29, 0.717) is 12.3 Å². The van der Waals surface area contributed by atoms with Gasteiger partial charge in [0.25, 0.3) is 0 Å². The molecule has 5 heavy (non-hydrogen) atoms. The zero-order valence-electron chi connectivity index (χ0n) is 2.87. The summed E-state index contributed by atoms with van der Waals surface area (Å²) in [5.74, 6) is 0.573. The third-order valence-corrected chi connectivity index (χ3v) is 0.472. The second kappa shape index (κ2) is 3.96. The number of hydrogen-bond donors (Lipinski definition) is 1. The van der Waals surface area contributed by atoms with E-state index >= 15 is 0 Å². The largest absolute Gasteiger partial charge is 0.313 e. The van der Waals surface area contributed by atoms with Crippen molar-refractivity contribution in [3.8, 4) is 0 Å². The Hall–Kier alpha value is -0.0400. The van der Waals surface area contributed by atoms with E-state index in [4.69, 9.17) is 17.0 Å². The maximum absolute atomic E-state index is 6.39. The molecule has 0 unspecified atom stereocenters. The van der Waals surface area contributed by atoms with Crippen LogP contribution in [0.3, 0.4) is 0 Å². The first-order chi connectivity index (χ1) is 2.41. The minimum Gasteiger partial charge on any atom is -0.313 e. The summed E-state index contributed by atoms with van der Waals surface area (Å²) < 4.78 is 0. The lowest BCUT2D eigenvalue weighted by Crippen LogP contribution is -1.69. The third kappa shape index (κ3) is 3.96. The fourth-order valence-corrected chi connectivity index (χ4v) is 0.164. The molecule has 0 saturated carbocycles. The molecule has 0 bridgehead atoms. The molecule has 0 radical (unpaired) electrons. The number of alkyl halides is 1. The van der Waals surface area contributed by atoms with Gasteiger partial charge in [-0.15, -0.1) is 11.6 Å². The minimum atomic E-state index is 0.573. The van der Waals surface area contributed by atoms with Gasteiger partial charge in [0.1, 0.15) is 0 Å². The first-order valence-corrected chi connectivity index (χ1v) is 2.00. The monoisotopic (exact) mass is 91.0 g/mol. The molecular formula is C3H6ClN. The lowest BCUT2D eigenvalue weighted by molar-refractivity contribution is 1.30. The van der Waals surface area contributed by atoms with Crippen LogP contribution in [-0.2, 0) is 0 Å². The molecule has 0 fully saturated rings. The van der Waals surface area contributed by atoms with Crippen molar-refractivity contribution in [3.63, 3.8) is 0 Å². The van der Waals surface area contributed by atoms with E-state index in [1.54, 1.807) is 0 Å². The van der Waals surface area contributed by atoms with E-state index in [1.165, 1.54) is 6.21 Å². The van der Waals surface area contributed by atoms with Crippen LogP contribution in [0, 0.1) is 5.41 Å². The van der Waals surface area contributed by atoms with Gasteiger partial charge in [-0.2, -0.15) is 0 Å². The standard InChI is InChI=1S/C3H6ClN/c4-2-1-3-5/h3,5H,1-2H2. The summed E-state index contributed by atoms with van der Waals surface area (Å²) in [7, 11) is 0. The van der Waals surface area contributed by atoms with Crippen LogP contribution in [0.25, 0.3) is 0 Å². The molecule has 1 N–H and O–H groups in total. The van der Waals surface area contributed by atoms with Crippen molar-refractivity contribution in [2.24, 2.45) is 0 Å². The van der Waals surface area contributed by atoms with Crippen LogP contribution < -0.4 is 0 Å². The second-order valence-corrected chi connectivity index (χ2v) is 1.06. The van der Waals surface area contributed by atoms with Crippen molar-refractivity contribution in [1.29, 1.82) is 5.41 Å². The van der Waals surface area contributed by atoms with Gasteiger partial charge < -0.3 is 5.41 Å². The summed E-state index contributed by atoms with van der Waals surface area (Å²) in [6.07, 6.45) is 1.99. The number of rotatable bonds is 2.